The van der Waals surface area contributed by atoms with Crippen LogP contribution in [-0.2, 0) is 0 Å². The van der Waals surface area contributed by atoms with Crippen LogP contribution in [0.1, 0.15) is 6.42 Å². The molecular formula is C9H12FN3S. The quantitative estimate of drug-likeness (QED) is 0.777. The normalized spacial score (nSPS) is 21.1. The number of thioether (sulfide) groups is 1. The smallest absolute Gasteiger partial charge is 0.217 e. The highest BCUT2D eigenvalue weighted by molar-refractivity contribution is 7.99. The third-order valence-electron chi connectivity index (χ3n) is 2.23. The summed E-state index contributed by atoms with van der Waals surface area (Å²) in [6.45, 7) is 0.878. The Labute approximate surface area is 86.5 Å². The largest absolute Gasteiger partial charge is 0.370 e. The lowest BCUT2D eigenvalue weighted by atomic mass is 10.1. The van der Waals surface area contributed by atoms with Gasteiger partial charge in [0.15, 0.2) is 0 Å². The molecule has 1 fully saturated rings. The third-order valence-corrected chi connectivity index (χ3v) is 3.46. The number of hydrogen-bond acceptors (Lipinski definition) is 4. The van der Waals surface area contributed by atoms with Crippen LogP contribution in [0.4, 0.5) is 10.2 Å². The van der Waals surface area contributed by atoms with Crippen LogP contribution < -0.4 is 5.32 Å². The van der Waals surface area contributed by atoms with Crippen molar-refractivity contribution in [2.24, 2.45) is 5.92 Å². The molecule has 1 atom stereocenters. The van der Waals surface area contributed by atoms with Gasteiger partial charge in [0, 0.05) is 12.6 Å². The monoisotopic (exact) mass is 213 g/mol. The Balaban J connectivity index is 1.85. The summed E-state index contributed by atoms with van der Waals surface area (Å²) in [5.74, 6) is 3.22. The zero-order valence-corrected chi connectivity index (χ0v) is 8.56. The van der Waals surface area contributed by atoms with Gasteiger partial charge in [0.25, 0.3) is 0 Å². The molecule has 0 aliphatic carbocycles. The van der Waals surface area contributed by atoms with Gasteiger partial charge >= 0.3 is 0 Å². The first-order chi connectivity index (χ1) is 6.84. The summed E-state index contributed by atoms with van der Waals surface area (Å²) in [6.07, 6.45) is 2.48. The average molecular weight is 213 g/mol. The summed E-state index contributed by atoms with van der Waals surface area (Å²) >= 11 is 1.97. The average Bonchev–Trinajstić information content (AvgIpc) is 2.67. The summed E-state index contributed by atoms with van der Waals surface area (Å²) in [5.41, 5.74) is 0. The van der Waals surface area contributed by atoms with Crippen LogP contribution in [-0.4, -0.2) is 28.0 Å². The molecule has 14 heavy (non-hydrogen) atoms. The van der Waals surface area contributed by atoms with Crippen molar-refractivity contribution in [2.45, 2.75) is 6.42 Å². The molecule has 0 bridgehead atoms. The van der Waals surface area contributed by atoms with Gasteiger partial charge in [-0.15, -0.1) is 0 Å². The van der Waals surface area contributed by atoms with Crippen LogP contribution >= 0.6 is 11.8 Å². The highest BCUT2D eigenvalue weighted by atomic mass is 32.2. The molecule has 1 saturated heterocycles. The standard InChI is InChI=1S/C9H12FN3S/c10-8-3-9(13-6-12-8)11-4-7-1-2-14-5-7/h3,6-7H,1-2,4-5H2,(H,11,12,13). The SMILES string of the molecule is Fc1cc(NCC2CCSC2)ncn1. The Hall–Kier alpha value is -0.840. The number of anilines is 1. The van der Waals surface area contributed by atoms with Gasteiger partial charge in [-0.25, -0.2) is 9.97 Å². The van der Waals surface area contributed by atoms with Crippen LogP contribution in [0.3, 0.4) is 0 Å². The molecule has 1 aromatic rings. The number of nitrogens with one attached hydrogen (secondary N) is 1. The van der Waals surface area contributed by atoms with Gasteiger partial charge in [-0.3, -0.25) is 0 Å². The van der Waals surface area contributed by atoms with Crippen molar-refractivity contribution in [3.05, 3.63) is 18.3 Å². The van der Waals surface area contributed by atoms with Crippen LogP contribution in [0.5, 0.6) is 0 Å². The number of rotatable bonds is 3. The molecule has 1 aromatic heterocycles. The molecule has 1 aliphatic heterocycles. The topological polar surface area (TPSA) is 37.8 Å². The second-order valence-electron chi connectivity index (χ2n) is 3.34. The van der Waals surface area contributed by atoms with Crippen LogP contribution in [0.25, 0.3) is 0 Å². The van der Waals surface area contributed by atoms with Crippen LogP contribution in [0, 0.1) is 11.9 Å². The molecule has 0 spiro atoms. The summed E-state index contributed by atoms with van der Waals surface area (Å²) in [5, 5.41) is 3.12. The second kappa shape index (κ2) is 4.59. The summed E-state index contributed by atoms with van der Waals surface area (Å²) < 4.78 is 12.7. The zero-order valence-electron chi connectivity index (χ0n) is 7.74. The van der Waals surface area contributed by atoms with E-state index in [1.807, 2.05) is 11.8 Å². The molecule has 76 valence electrons. The van der Waals surface area contributed by atoms with Crippen molar-refractivity contribution in [3.63, 3.8) is 0 Å². The first-order valence-electron chi connectivity index (χ1n) is 4.64. The fraction of sp³-hybridized carbons (Fsp3) is 0.556. The maximum atomic E-state index is 12.7. The van der Waals surface area contributed by atoms with E-state index in [1.54, 1.807) is 0 Å². The molecule has 3 nitrogen and oxygen atoms in total. The molecular weight excluding hydrogens is 201 g/mol. The van der Waals surface area contributed by atoms with Crippen molar-refractivity contribution >= 4 is 17.6 Å². The van der Waals surface area contributed by atoms with Gasteiger partial charge in [0.2, 0.25) is 5.95 Å². The Bertz CT molecular complexity index is 302. The molecule has 1 N–H and O–H groups in total. The van der Waals surface area contributed by atoms with Crippen molar-refractivity contribution in [2.75, 3.05) is 23.4 Å². The van der Waals surface area contributed by atoms with Gasteiger partial charge in [0.05, 0.1) is 0 Å². The molecule has 2 rings (SSSR count). The van der Waals surface area contributed by atoms with Crippen molar-refractivity contribution in [3.8, 4) is 0 Å². The molecule has 2 heterocycles. The van der Waals surface area contributed by atoms with E-state index in [4.69, 9.17) is 0 Å². The fourth-order valence-electron chi connectivity index (χ4n) is 1.42. The molecule has 0 amide bonds. The van der Waals surface area contributed by atoms with Gasteiger partial charge in [-0.1, -0.05) is 0 Å². The van der Waals surface area contributed by atoms with Gasteiger partial charge in [0.1, 0.15) is 12.1 Å². The lowest BCUT2D eigenvalue weighted by Gasteiger charge is -2.09. The van der Waals surface area contributed by atoms with E-state index in [-0.39, 0.29) is 0 Å². The minimum absolute atomic E-state index is 0.483. The van der Waals surface area contributed by atoms with E-state index in [0.717, 1.165) is 6.54 Å². The molecule has 1 unspecified atom stereocenters. The predicted octanol–water partition coefficient (Wildman–Crippen LogP) is 1.78. The highest BCUT2D eigenvalue weighted by Gasteiger charge is 2.14. The Kier molecular flexibility index (Phi) is 3.18. The molecule has 1 aliphatic rings. The van der Waals surface area contributed by atoms with Gasteiger partial charge in [-0.2, -0.15) is 16.2 Å². The Morgan fingerprint density at radius 3 is 3.21 bits per heavy atom. The number of hydrogen-bond donors (Lipinski definition) is 1. The van der Waals surface area contributed by atoms with Gasteiger partial charge < -0.3 is 5.32 Å². The number of halogens is 1. The van der Waals surface area contributed by atoms with Crippen LogP contribution in [0.15, 0.2) is 12.4 Å². The second-order valence-corrected chi connectivity index (χ2v) is 4.49. The minimum atomic E-state index is -0.483. The predicted molar refractivity (Wildman–Crippen MR) is 55.9 cm³/mol. The molecule has 0 aromatic carbocycles. The lowest BCUT2D eigenvalue weighted by Crippen LogP contribution is -2.14. The summed E-state index contributed by atoms with van der Waals surface area (Å²) in [7, 11) is 0. The summed E-state index contributed by atoms with van der Waals surface area (Å²) in [4.78, 5) is 7.33. The number of aromatic nitrogens is 2. The maximum Gasteiger partial charge on any atom is 0.217 e. The van der Waals surface area contributed by atoms with E-state index >= 15 is 0 Å². The number of nitrogens with zero attached hydrogens (tertiary/aromatic N) is 2. The lowest BCUT2D eigenvalue weighted by molar-refractivity contribution is 0.578. The van der Waals surface area contributed by atoms with E-state index in [2.05, 4.69) is 15.3 Å². The van der Waals surface area contributed by atoms with Gasteiger partial charge in [-0.05, 0) is 23.8 Å². The van der Waals surface area contributed by atoms with Crippen molar-refractivity contribution in [1.29, 1.82) is 0 Å². The zero-order chi connectivity index (χ0) is 9.80. The van der Waals surface area contributed by atoms with E-state index < -0.39 is 5.95 Å². The van der Waals surface area contributed by atoms with E-state index in [1.165, 1.54) is 30.3 Å². The van der Waals surface area contributed by atoms with E-state index in [9.17, 15) is 4.39 Å². The maximum absolute atomic E-state index is 12.7. The minimum Gasteiger partial charge on any atom is -0.370 e. The molecule has 0 saturated carbocycles. The van der Waals surface area contributed by atoms with Crippen LogP contribution in [0.2, 0.25) is 0 Å². The molecule has 5 heteroatoms. The Morgan fingerprint density at radius 2 is 2.50 bits per heavy atom. The third kappa shape index (κ3) is 2.57. The van der Waals surface area contributed by atoms with Crippen molar-refractivity contribution < 1.29 is 4.39 Å². The molecule has 0 radical (unpaired) electrons. The highest BCUT2D eigenvalue weighted by Crippen LogP contribution is 2.23. The first kappa shape index (κ1) is 9.71. The van der Waals surface area contributed by atoms with E-state index in [0.29, 0.717) is 11.7 Å². The fourth-order valence-corrected chi connectivity index (χ4v) is 2.71. The summed E-state index contributed by atoms with van der Waals surface area (Å²) in [6, 6.07) is 1.32. The first-order valence-corrected chi connectivity index (χ1v) is 5.79. The van der Waals surface area contributed by atoms with Crippen molar-refractivity contribution in [1.82, 2.24) is 9.97 Å². The Morgan fingerprint density at radius 1 is 1.57 bits per heavy atom.